The van der Waals surface area contributed by atoms with Crippen LogP contribution in [0.4, 0.5) is 0 Å². The molecular weight excluding hydrogens is 396 g/mol. The summed E-state index contributed by atoms with van der Waals surface area (Å²) in [6.07, 6.45) is 0. The molecule has 0 aliphatic carbocycles. The Morgan fingerprint density at radius 1 is 1.23 bits per heavy atom. The smallest absolute Gasteiger partial charge is 0.253 e. The number of likely N-dealkylation sites (N-methyl/N-ethyl adjacent to an activating group) is 2. The summed E-state index contributed by atoms with van der Waals surface area (Å²) in [5.41, 5.74) is 0.527. The van der Waals surface area contributed by atoms with Crippen molar-refractivity contribution < 1.29 is 9.59 Å². The number of nitrogens with one attached hydrogen (secondary N) is 2. The number of carbonyl (C=O) groups excluding carboxylic acids is 2. The maximum absolute atomic E-state index is 12.7. The lowest BCUT2D eigenvalue weighted by Crippen LogP contribution is -2.57. The molecule has 0 aromatic heterocycles. The van der Waals surface area contributed by atoms with Gasteiger partial charge < -0.3 is 15.5 Å². The molecule has 1 aromatic carbocycles. The molecule has 1 heterocycles. The summed E-state index contributed by atoms with van der Waals surface area (Å²) >= 11 is 3.38. The summed E-state index contributed by atoms with van der Waals surface area (Å²) in [5, 5.41) is 5.90. The van der Waals surface area contributed by atoms with Crippen molar-refractivity contribution in [2.75, 3.05) is 40.3 Å². The van der Waals surface area contributed by atoms with Crippen LogP contribution in [0.3, 0.4) is 0 Å². The van der Waals surface area contributed by atoms with E-state index in [9.17, 15) is 9.59 Å². The van der Waals surface area contributed by atoms with E-state index in [2.05, 4.69) is 50.5 Å². The Morgan fingerprint density at radius 2 is 1.92 bits per heavy atom. The van der Waals surface area contributed by atoms with Crippen LogP contribution in [-0.4, -0.2) is 74.0 Å². The van der Waals surface area contributed by atoms with Gasteiger partial charge in [0.15, 0.2) is 0 Å². The van der Waals surface area contributed by atoms with E-state index in [1.54, 1.807) is 12.1 Å². The molecule has 6 nitrogen and oxygen atoms in total. The first-order valence-electron chi connectivity index (χ1n) is 9.01. The highest BCUT2D eigenvalue weighted by molar-refractivity contribution is 9.10. The number of nitrogens with zero attached hydrogens (tertiary/aromatic N) is 2. The third-order valence-electron chi connectivity index (χ3n) is 4.85. The van der Waals surface area contributed by atoms with Crippen molar-refractivity contribution in [3.05, 3.63) is 34.3 Å². The van der Waals surface area contributed by atoms with Crippen molar-refractivity contribution in [3.63, 3.8) is 0 Å². The van der Waals surface area contributed by atoms with Gasteiger partial charge in [0.2, 0.25) is 5.91 Å². The van der Waals surface area contributed by atoms with E-state index in [-0.39, 0.29) is 23.8 Å². The Labute approximate surface area is 164 Å². The first-order chi connectivity index (χ1) is 12.3. The van der Waals surface area contributed by atoms with Crippen LogP contribution in [0.25, 0.3) is 0 Å². The standard InChI is InChI=1S/C19H29BrN4O2/c1-13(2)17(22-18(25)15-7-5-6-8-16(15)20)19(26)21-11-14-12-23(3)9-10-24(14)4/h5-8,13-14,17H,9-12H2,1-4H3,(H,21,26)(H,22,25). The van der Waals surface area contributed by atoms with E-state index < -0.39 is 6.04 Å². The molecule has 26 heavy (non-hydrogen) atoms. The molecule has 1 aromatic rings. The van der Waals surface area contributed by atoms with Crippen LogP contribution in [0.15, 0.2) is 28.7 Å². The van der Waals surface area contributed by atoms with Crippen molar-refractivity contribution in [1.29, 1.82) is 0 Å². The maximum atomic E-state index is 12.7. The molecule has 2 N–H and O–H groups in total. The van der Waals surface area contributed by atoms with Gasteiger partial charge in [-0.2, -0.15) is 0 Å². The number of carbonyl (C=O) groups is 2. The predicted octanol–water partition coefficient (Wildman–Crippen LogP) is 1.57. The first-order valence-corrected chi connectivity index (χ1v) is 9.80. The Kier molecular flexibility index (Phi) is 7.61. The minimum absolute atomic E-state index is 0.00630. The van der Waals surface area contributed by atoms with E-state index in [1.807, 2.05) is 26.0 Å². The van der Waals surface area contributed by atoms with Gasteiger partial charge in [0.05, 0.1) is 5.56 Å². The number of amides is 2. The molecule has 2 rings (SSSR count). The normalized spacial score (nSPS) is 20.0. The summed E-state index contributed by atoms with van der Waals surface area (Å²) < 4.78 is 0.715. The Morgan fingerprint density at radius 3 is 2.58 bits per heavy atom. The molecule has 0 bridgehead atoms. The fraction of sp³-hybridized carbons (Fsp3) is 0.579. The van der Waals surface area contributed by atoms with Gasteiger partial charge in [0.1, 0.15) is 6.04 Å². The van der Waals surface area contributed by atoms with Crippen LogP contribution >= 0.6 is 15.9 Å². The fourth-order valence-electron chi connectivity index (χ4n) is 3.05. The van der Waals surface area contributed by atoms with Crippen LogP contribution in [0.5, 0.6) is 0 Å². The lowest BCUT2D eigenvalue weighted by Gasteiger charge is -2.38. The van der Waals surface area contributed by atoms with Crippen LogP contribution < -0.4 is 10.6 Å². The van der Waals surface area contributed by atoms with Crippen molar-refractivity contribution in [1.82, 2.24) is 20.4 Å². The lowest BCUT2D eigenvalue weighted by atomic mass is 10.0. The second-order valence-corrected chi connectivity index (χ2v) is 8.17. The number of piperazine rings is 1. The summed E-state index contributed by atoms with van der Waals surface area (Å²) in [4.78, 5) is 29.8. The zero-order chi connectivity index (χ0) is 19.3. The molecule has 1 aliphatic heterocycles. The van der Waals surface area contributed by atoms with Crippen LogP contribution in [-0.2, 0) is 4.79 Å². The van der Waals surface area contributed by atoms with E-state index in [4.69, 9.17) is 0 Å². The van der Waals surface area contributed by atoms with Gasteiger partial charge >= 0.3 is 0 Å². The number of hydrogen-bond donors (Lipinski definition) is 2. The van der Waals surface area contributed by atoms with E-state index in [0.29, 0.717) is 16.6 Å². The molecule has 2 amide bonds. The second kappa shape index (κ2) is 9.48. The van der Waals surface area contributed by atoms with E-state index in [0.717, 1.165) is 19.6 Å². The molecule has 0 saturated carbocycles. The monoisotopic (exact) mass is 424 g/mol. The second-order valence-electron chi connectivity index (χ2n) is 7.32. The average Bonchev–Trinajstić information content (AvgIpc) is 2.60. The quantitative estimate of drug-likeness (QED) is 0.727. The van der Waals surface area contributed by atoms with Crippen molar-refractivity contribution in [2.24, 2.45) is 5.92 Å². The summed E-state index contributed by atoms with van der Waals surface area (Å²) in [6.45, 7) is 7.40. The van der Waals surface area contributed by atoms with Gasteiger partial charge in [-0.25, -0.2) is 0 Å². The molecule has 7 heteroatoms. The Bertz CT molecular complexity index is 638. The maximum Gasteiger partial charge on any atom is 0.253 e. The number of halogens is 1. The highest BCUT2D eigenvalue weighted by atomic mass is 79.9. The summed E-state index contributed by atoms with van der Waals surface area (Å²) in [7, 11) is 4.18. The van der Waals surface area contributed by atoms with Crippen LogP contribution in [0.2, 0.25) is 0 Å². The molecule has 0 spiro atoms. The molecule has 2 unspecified atom stereocenters. The average molecular weight is 425 g/mol. The zero-order valence-corrected chi connectivity index (χ0v) is 17.5. The lowest BCUT2D eigenvalue weighted by molar-refractivity contribution is -0.124. The van der Waals surface area contributed by atoms with Crippen LogP contribution in [0, 0.1) is 5.92 Å². The summed E-state index contributed by atoms with van der Waals surface area (Å²) in [6, 6.07) is 6.92. The van der Waals surface area contributed by atoms with Crippen LogP contribution in [0.1, 0.15) is 24.2 Å². The Balaban J connectivity index is 1.97. The van der Waals surface area contributed by atoms with Gasteiger partial charge in [-0.1, -0.05) is 26.0 Å². The fourth-order valence-corrected chi connectivity index (χ4v) is 3.51. The number of rotatable bonds is 6. The molecule has 0 radical (unpaired) electrons. The molecule has 144 valence electrons. The Hall–Kier alpha value is -1.44. The zero-order valence-electron chi connectivity index (χ0n) is 16.0. The summed E-state index contributed by atoms with van der Waals surface area (Å²) in [5.74, 6) is -0.393. The first kappa shape index (κ1) is 20.9. The molecule has 1 fully saturated rings. The third-order valence-corrected chi connectivity index (χ3v) is 5.54. The molecule has 2 atom stereocenters. The van der Waals surface area contributed by atoms with Crippen molar-refractivity contribution in [3.8, 4) is 0 Å². The highest BCUT2D eigenvalue weighted by Gasteiger charge is 2.27. The predicted molar refractivity (Wildman–Crippen MR) is 107 cm³/mol. The number of hydrogen-bond acceptors (Lipinski definition) is 4. The van der Waals surface area contributed by atoms with Gasteiger partial charge in [-0.3, -0.25) is 14.5 Å². The minimum atomic E-state index is -0.568. The van der Waals surface area contributed by atoms with Crippen molar-refractivity contribution in [2.45, 2.75) is 25.9 Å². The minimum Gasteiger partial charge on any atom is -0.353 e. The molecule has 1 aliphatic rings. The van der Waals surface area contributed by atoms with Gasteiger partial charge in [0.25, 0.3) is 5.91 Å². The highest BCUT2D eigenvalue weighted by Crippen LogP contribution is 2.16. The third kappa shape index (κ3) is 5.53. The van der Waals surface area contributed by atoms with Gasteiger partial charge in [-0.15, -0.1) is 0 Å². The van der Waals surface area contributed by atoms with Gasteiger partial charge in [0, 0.05) is 36.7 Å². The molecule has 1 saturated heterocycles. The van der Waals surface area contributed by atoms with E-state index >= 15 is 0 Å². The molecular formula is C19H29BrN4O2. The topological polar surface area (TPSA) is 64.7 Å². The SMILES string of the molecule is CC(C)C(NC(=O)c1ccccc1Br)C(=O)NCC1CN(C)CCN1C. The van der Waals surface area contributed by atoms with Crippen molar-refractivity contribution >= 4 is 27.7 Å². The van der Waals surface area contributed by atoms with E-state index in [1.165, 1.54) is 0 Å². The largest absolute Gasteiger partial charge is 0.353 e. The number of benzene rings is 1. The van der Waals surface area contributed by atoms with Gasteiger partial charge in [-0.05, 0) is 48.1 Å².